The first kappa shape index (κ1) is 18.9. The van der Waals surface area contributed by atoms with Crippen LogP contribution >= 0.6 is 0 Å². The molecule has 1 aliphatic heterocycles. The van der Waals surface area contributed by atoms with Crippen molar-refractivity contribution in [2.75, 3.05) is 13.1 Å². The molecule has 0 spiro atoms. The number of rotatable bonds is 4. The van der Waals surface area contributed by atoms with Crippen molar-refractivity contribution in [3.05, 3.63) is 66.4 Å². The Labute approximate surface area is 168 Å². The summed E-state index contributed by atoms with van der Waals surface area (Å²) >= 11 is 0. The van der Waals surface area contributed by atoms with E-state index in [-0.39, 0.29) is 18.4 Å². The van der Waals surface area contributed by atoms with Crippen LogP contribution in [0, 0.1) is 11.8 Å². The third-order valence-electron chi connectivity index (χ3n) is 5.25. The van der Waals surface area contributed by atoms with Gasteiger partial charge in [-0.15, -0.1) is 0 Å². The molecule has 1 amide bonds. The Morgan fingerprint density at radius 2 is 1.79 bits per heavy atom. The molecule has 148 valence electrons. The summed E-state index contributed by atoms with van der Waals surface area (Å²) in [6.45, 7) is 2.73. The van der Waals surface area contributed by atoms with Gasteiger partial charge < -0.3 is 14.4 Å². The monoisotopic (exact) mass is 390 g/mol. The molecular weight excluding hydrogens is 368 g/mol. The number of aliphatic carboxylic acids is 1. The summed E-state index contributed by atoms with van der Waals surface area (Å²) < 4.78 is 5.94. The van der Waals surface area contributed by atoms with E-state index in [9.17, 15) is 14.7 Å². The van der Waals surface area contributed by atoms with Gasteiger partial charge in [-0.3, -0.25) is 9.59 Å². The number of likely N-dealkylation sites (tertiary alicyclic amines) is 1. The average Bonchev–Trinajstić information content (AvgIpc) is 3.23. The van der Waals surface area contributed by atoms with Crippen molar-refractivity contribution in [3.63, 3.8) is 0 Å². The van der Waals surface area contributed by atoms with E-state index in [4.69, 9.17) is 4.42 Å². The summed E-state index contributed by atoms with van der Waals surface area (Å²) in [6.07, 6.45) is 2.23. The van der Waals surface area contributed by atoms with E-state index in [1.165, 1.54) is 0 Å². The molecule has 0 radical (unpaired) electrons. The van der Waals surface area contributed by atoms with E-state index in [0.29, 0.717) is 35.7 Å². The lowest BCUT2D eigenvalue weighted by molar-refractivity contribution is -0.143. The highest BCUT2D eigenvalue weighted by Crippen LogP contribution is 2.30. The molecule has 0 saturated carbocycles. The van der Waals surface area contributed by atoms with E-state index in [1.807, 2.05) is 43.3 Å². The summed E-state index contributed by atoms with van der Waals surface area (Å²) in [7, 11) is 0. The fraction of sp³-hybridized carbons (Fsp3) is 0.261. The van der Waals surface area contributed by atoms with Crippen LogP contribution in [0.3, 0.4) is 0 Å². The van der Waals surface area contributed by atoms with Gasteiger partial charge in [-0.1, -0.05) is 49.4 Å². The van der Waals surface area contributed by atoms with E-state index < -0.39 is 11.9 Å². The third-order valence-corrected chi connectivity index (χ3v) is 5.25. The minimum atomic E-state index is -0.858. The van der Waals surface area contributed by atoms with E-state index in [0.717, 1.165) is 5.56 Å². The number of amides is 1. The highest BCUT2D eigenvalue weighted by Gasteiger charge is 2.33. The highest BCUT2D eigenvalue weighted by molar-refractivity contribution is 6.00. The van der Waals surface area contributed by atoms with Crippen LogP contribution in [0.25, 0.3) is 22.8 Å². The number of carboxylic acid groups (broad SMARTS) is 1. The van der Waals surface area contributed by atoms with Gasteiger partial charge in [-0.05, 0) is 24.5 Å². The number of carbonyl (C=O) groups is 2. The molecule has 2 atom stereocenters. The van der Waals surface area contributed by atoms with Gasteiger partial charge in [0.25, 0.3) is 5.91 Å². The van der Waals surface area contributed by atoms with Crippen molar-refractivity contribution in [3.8, 4) is 22.8 Å². The molecule has 0 aliphatic carbocycles. The predicted molar refractivity (Wildman–Crippen MR) is 108 cm³/mol. The predicted octanol–water partition coefficient (Wildman–Crippen LogP) is 4.19. The number of oxazole rings is 1. The van der Waals surface area contributed by atoms with E-state index in [2.05, 4.69) is 4.98 Å². The Morgan fingerprint density at radius 1 is 1.07 bits per heavy atom. The Balaban J connectivity index is 1.64. The maximum atomic E-state index is 13.2. The first-order valence-electron chi connectivity index (χ1n) is 9.65. The second-order valence-corrected chi connectivity index (χ2v) is 7.53. The fourth-order valence-electron chi connectivity index (χ4n) is 3.86. The summed E-state index contributed by atoms with van der Waals surface area (Å²) in [6, 6.07) is 16.8. The van der Waals surface area contributed by atoms with Gasteiger partial charge in [0.2, 0.25) is 5.89 Å². The van der Waals surface area contributed by atoms with Crippen molar-refractivity contribution >= 4 is 11.9 Å². The Hall–Kier alpha value is -3.41. The topological polar surface area (TPSA) is 83.6 Å². The number of nitrogens with zero attached hydrogens (tertiary/aromatic N) is 2. The average molecular weight is 390 g/mol. The molecule has 1 N–H and O–H groups in total. The molecule has 3 aromatic rings. The van der Waals surface area contributed by atoms with Crippen molar-refractivity contribution in [2.45, 2.75) is 13.3 Å². The smallest absolute Gasteiger partial charge is 0.308 e. The minimum Gasteiger partial charge on any atom is -0.481 e. The zero-order valence-corrected chi connectivity index (χ0v) is 16.1. The second-order valence-electron chi connectivity index (χ2n) is 7.53. The van der Waals surface area contributed by atoms with Crippen molar-refractivity contribution in [1.82, 2.24) is 9.88 Å². The molecule has 2 unspecified atom stereocenters. The minimum absolute atomic E-state index is 0.132. The highest BCUT2D eigenvalue weighted by atomic mass is 16.4. The van der Waals surface area contributed by atoms with Gasteiger partial charge >= 0.3 is 5.97 Å². The van der Waals surface area contributed by atoms with Crippen LogP contribution < -0.4 is 0 Å². The zero-order chi connectivity index (χ0) is 20.4. The lowest BCUT2D eigenvalue weighted by Gasteiger charge is -2.35. The Morgan fingerprint density at radius 3 is 2.55 bits per heavy atom. The quantitative estimate of drug-likeness (QED) is 0.722. The van der Waals surface area contributed by atoms with Gasteiger partial charge in [0.1, 0.15) is 0 Å². The van der Waals surface area contributed by atoms with Crippen molar-refractivity contribution in [1.29, 1.82) is 0 Å². The second kappa shape index (κ2) is 7.91. The Kier molecular flexibility index (Phi) is 5.16. The molecule has 6 heteroatoms. The molecule has 4 rings (SSSR count). The maximum Gasteiger partial charge on any atom is 0.308 e. The first-order valence-corrected chi connectivity index (χ1v) is 9.65. The third kappa shape index (κ3) is 3.92. The number of aromatic nitrogens is 1. The number of hydrogen-bond donors (Lipinski definition) is 1. The number of hydrogen-bond acceptors (Lipinski definition) is 4. The summed E-state index contributed by atoms with van der Waals surface area (Å²) in [5.41, 5.74) is 1.97. The molecule has 1 aromatic heterocycles. The van der Waals surface area contributed by atoms with Crippen molar-refractivity contribution < 1.29 is 19.1 Å². The lowest BCUT2D eigenvalue weighted by Crippen LogP contribution is -2.45. The van der Waals surface area contributed by atoms with Crippen LogP contribution in [0.4, 0.5) is 0 Å². The normalized spacial score (nSPS) is 19.1. The van der Waals surface area contributed by atoms with Crippen LogP contribution in [0.5, 0.6) is 0 Å². The molecule has 1 fully saturated rings. The summed E-state index contributed by atoms with van der Waals surface area (Å²) in [4.78, 5) is 30.7. The fourth-order valence-corrected chi connectivity index (χ4v) is 3.86. The van der Waals surface area contributed by atoms with E-state index >= 15 is 0 Å². The van der Waals surface area contributed by atoms with Gasteiger partial charge in [0.05, 0.1) is 17.7 Å². The number of piperidine rings is 1. The molecule has 2 aromatic carbocycles. The summed E-state index contributed by atoms with van der Waals surface area (Å²) in [5.74, 6) is -0.470. The van der Waals surface area contributed by atoms with Gasteiger partial charge in [-0.2, -0.15) is 0 Å². The van der Waals surface area contributed by atoms with Gasteiger partial charge in [0, 0.05) is 24.2 Å². The molecular formula is C23H22N2O4. The Bertz CT molecular complexity index is 1030. The summed E-state index contributed by atoms with van der Waals surface area (Å²) in [5, 5.41) is 9.41. The molecule has 2 heterocycles. The van der Waals surface area contributed by atoms with Gasteiger partial charge in [-0.25, -0.2) is 4.98 Å². The van der Waals surface area contributed by atoms with Crippen LogP contribution in [0.2, 0.25) is 0 Å². The molecule has 29 heavy (non-hydrogen) atoms. The first-order chi connectivity index (χ1) is 14.0. The van der Waals surface area contributed by atoms with E-state index in [1.54, 1.807) is 29.3 Å². The van der Waals surface area contributed by atoms with Crippen LogP contribution in [0.15, 0.2) is 65.2 Å². The lowest BCUT2D eigenvalue weighted by atomic mass is 9.90. The maximum absolute atomic E-state index is 13.2. The molecule has 6 nitrogen and oxygen atoms in total. The number of benzene rings is 2. The molecule has 0 bridgehead atoms. The zero-order valence-electron chi connectivity index (χ0n) is 16.1. The standard InChI is InChI=1S/C23H22N2O4/c1-15-11-17(23(27)28)14-25(13-15)22(26)19-10-6-5-9-18(19)21-24-12-20(29-21)16-7-3-2-4-8-16/h2-10,12,15,17H,11,13-14H2,1H3,(H,27,28). The SMILES string of the molecule is CC1CC(C(=O)O)CN(C(=O)c2ccccc2-c2ncc(-c3ccccc3)o2)C1. The van der Waals surface area contributed by atoms with Crippen molar-refractivity contribution in [2.24, 2.45) is 11.8 Å². The van der Waals surface area contributed by atoms with Crippen LogP contribution in [0.1, 0.15) is 23.7 Å². The number of carboxylic acids is 1. The molecule has 1 saturated heterocycles. The molecule has 1 aliphatic rings. The van der Waals surface area contributed by atoms with Gasteiger partial charge in [0.15, 0.2) is 5.76 Å². The van der Waals surface area contributed by atoms with Crippen LogP contribution in [-0.2, 0) is 4.79 Å². The number of carbonyl (C=O) groups excluding carboxylic acids is 1. The van der Waals surface area contributed by atoms with Crippen LogP contribution in [-0.4, -0.2) is 40.0 Å². The largest absolute Gasteiger partial charge is 0.481 e.